The summed E-state index contributed by atoms with van der Waals surface area (Å²) in [4.78, 5) is 19.8. The maximum Gasteiger partial charge on any atom is 0.253 e. The van der Waals surface area contributed by atoms with Gasteiger partial charge in [0.05, 0.1) is 11.4 Å². The van der Waals surface area contributed by atoms with Gasteiger partial charge in [-0.05, 0) is 49.2 Å². The number of likely N-dealkylation sites (tertiary alicyclic amines) is 1. The van der Waals surface area contributed by atoms with Crippen molar-refractivity contribution in [2.75, 3.05) is 44.2 Å². The molecule has 2 aliphatic heterocycles. The third-order valence-electron chi connectivity index (χ3n) is 6.57. The van der Waals surface area contributed by atoms with E-state index < -0.39 is 0 Å². The van der Waals surface area contributed by atoms with E-state index >= 15 is 0 Å². The molecule has 6 nitrogen and oxygen atoms in total. The van der Waals surface area contributed by atoms with Crippen LogP contribution in [0.3, 0.4) is 0 Å². The predicted molar refractivity (Wildman–Crippen MR) is 123 cm³/mol. The zero-order chi connectivity index (χ0) is 21.9. The van der Waals surface area contributed by atoms with Gasteiger partial charge in [-0.3, -0.25) is 9.69 Å². The Morgan fingerprint density at radius 1 is 0.969 bits per heavy atom. The Hall–Kier alpha value is -3.19. The summed E-state index contributed by atoms with van der Waals surface area (Å²) in [7, 11) is 0. The average molecular weight is 434 g/mol. The fraction of sp³-hybridized carbons (Fsp3) is 0.360. The van der Waals surface area contributed by atoms with Gasteiger partial charge in [0.15, 0.2) is 0 Å². The first kappa shape index (κ1) is 20.7. The van der Waals surface area contributed by atoms with Gasteiger partial charge in [0.25, 0.3) is 5.91 Å². The second kappa shape index (κ2) is 9.12. The lowest BCUT2D eigenvalue weighted by molar-refractivity contribution is 0.0563. The van der Waals surface area contributed by atoms with Crippen LogP contribution in [0.5, 0.6) is 0 Å². The molecule has 0 N–H and O–H groups in total. The molecule has 1 aromatic heterocycles. The minimum atomic E-state index is -0.160. The van der Waals surface area contributed by atoms with E-state index in [1.165, 1.54) is 6.07 Å². The van der Waals surface area contributed by atoms with Crippen molar-refractivity contribution >= 4 is 11.6 Å². The lowest BCUT2D eigenvalue weighted by Crippen LogP contribution is -2.56. The van der Waals surface area contributed by atoms with Crippen molar-refractivity contribution in [2.45, 2.75) is 18.9 Å². The number of hydrogen-bond acceptors (Lipinski definition) is 4. The number of hydrogen-bond donors (Lipinski definition) is 0. The number of halogens is 1. The number of carbonyl (C=O) groups is 1. The van der Waals surface area contributed by atoms with E-state index in [0.29, 0.717) is 17.3 Å². The first-order valence-electron chi connectivity index (χ1n) is 11.3. The summed E-state index contributed by atoms with van der Waals surface area (Å²) >= 11 is 0. The zero-order valence-corrected chi connectivity index (χ0v) is 18.1. The molecule has 0 saturated carbocycles. The molecule has 1 atom stereocenters. The molecule has 1 amide bonds. The predicted octanol–water partition coefficient (Wildman–Crippen LogP) is 3.44. The first-order chi connectivity index (χ1) is 15.7. The van der Waals surface area contributed by atoms with Gasteiger partial charge in [0.1, 0.15) is 5.82 Å². The highest BCUT2D eigenvalue weighted by Gasteiger charge is 2.30. The van der Waals surface area contributed by atoms with Gasteiger partial charge in [0.2, 0.25) is 0 Å². The number of anilines is 1. The van der Waals surface area contributed by atoms with Crippen molar-refractivity contribution in [3.05, 3.63) is 78.4 Å². The Bertz CT molecular complexity index is 1060. The molecule has 0 radical (unpaired) electrons. The largest absolute Gasteiger partial charge is 0.367 e. The van der Waals surface area contributed by atoms with Crippen molar-refractivity contribution in [3.63, 3.8) is 0 Å². The van der Waals surface area contributed by atoms with E-state index in [0.717, 1.165) is 57.8 Å². The van der Waals surface area contributed by atoms with E-state index in [2.05, 4.69) is 14.9 Å². The summed E-state index contributed by atoms with van der Waals surface area (Å²) in [5.74, 6) is -0.0820. The van der Waals surface area contributed by atoms with Crippen molar-refractivity contribution in [2.24, 2.45) is 0 Å². The van der Waals surface area contributed by atoms with E-state index in [1.54, 1.807) is 16.9 Å². The number of piperidine rings is 1. The molecule has 5 rings (SSSR count). The third kappa shape index (κ3) is 4.25. The number of rotatable bonds is 4. The van der Waals surface area contributed by atoms with Crippen LogP contribution in [0.25, 0.3) is 5.69 Å². The Kier molecular flexibility index (Phi) is 5.90. The van der Waals surface area contributed by atoms with Gasteiger partial charge < -0.3 is 9.80 Å². The van der Waals surface area contributed by atoms with Crippen molar-refractivity contribution < 1.29 is 9.18 Å². The SMILES string of the molecule is O=C(c1cccc(-n2cccn2)c1)N1CCCC(N2CCN(c3ccccc3F)CC2)C1. The molecule has 3 heterocycles. The minimum Gasteiger partial charge on any atom is -0.367 e. The topological polar surface area (TPSA) is 44.6 Å². The smallest absolute Gasteiger partial charge is 0.253 e. The molecular formula is C25H28FN5O. The second-order valence-corrected chi connectivity index (χ2v) is 8.52. The van der Waals surface area contributed by atoms with Crippen LogP contribution in [0.2, 0.25) is 0 Å². The Morgan fingerprint density at radius 3 is 2.59 bits per heavy atom. The van der Waals surface area contributed by atoms with Gasteiger partial charge >= 0.3 is 0 Å². The molecule has 3 aromatic rings. The molecule has 0 bridgehead atoms. The zero-order valence-electron chi connectivity index (χ0n) is 18.1. The standard InChI is InChI=1S/C25H28FN5O/c26-23-9-1-2-10-24(23)29-16-14-28(15-17-29)22-8-4-12-30(19-22)25(32)20-6-3-7-21(18-20)31-13-5-11-27-31/h1-3,5-7,9-11,13,18,22H,4,8,12,14-17,19H2. The van der Waals surface area contributed by atoms with Crippen molar-refractivity contribution in [3.8, 4) is 5.69 Å². The average Bonchev–Trinajstić information content (AvgIpc) is 3.39. The van der Waals surface area contributed by atoms with E-state index in [4.69, 9.17) is 0 Å². The maximum absolute atomic E-state index is 14.1. The van der Waals surface area contributed by atoms with Crippen LogP contribution in [0.15, 0.2) is 67.0 Å². The Morgan fingerprint density at radius 2 is 1.81 bits per heavy atom. The lowest BCUT2D eigenvalue weighted by atomic mass is 10.0. The number of para-hydroxylation sites is 1. The molecule has 1 unspecified atom stereocenters. The Balaban J connectivity index is 1.22. The number of piperazine rings is 1. The fourth-order valence-electron chi connectivity index (χ4n) is 4.86. The van der Waals surface area contributed by atoms with Gasteiger partial charge in [-0.1, -0.05) is 18.2 Å². The molecule has 7 heteroatoms. The van der Waals surface area contributed by atoms with Crippen LogP contribution in [0, 0.1) is 5.82 Å². The molecule has 2 aromatic carbocycles. The maximum atomic E-state index is 14.1. The highest BCUT2D eigenvalue weighted by atomic mass is 19.1. The highest BCUT2D eigenvalue weighted by Crippen LogP contribution is 2.24. The molecule has 2 saturated heterocycles. The molecular weight excluding hydrogens is 405 g/mol. The van der Waals surface area contributed by atoms with Gasteiger partial charge in [-0.25, -0.2) is 9.07 Å². The van der Waals surface area contributed by atoms with E-state index in [-0.39, 0.29) is 11.7 Å². The number of carbonyl (C=O) groups excluding carboxylic acids is 1. The Labute approximate surface area is 187 Å². The van der Waals surface area contributed by atoms with Crippen LogP contribution in [-0.4, -0.2) is 70.8 Å². The lowest BCUT2D eigenvalue weighted by Gasteiger charge is -2.44. The van der Waals surface area contributed by atoms with Gasteiger partial charge in [-0.2, -0.15) is 5.10 Å². The number of benzene rings is 2. The quantitative estimate of drug-likeness (QED) is 0.632. The van der Waals surface area contributed by atoms with Crippen LogP contribution >= 0.6 is 0 Å². The molecule has 2 fully saturated rings. The fourth-order valence-corrected chi connectivity index (χ4v) is 4.86. The third-order valence-corrected chi connectivity index (χ3v) is 6.57. The van der Waals surface area contributed by atoms with E-state index in [9.17, 15) is 9.18 Å². The monoisotopic (exact) mass is 433 g/mol. The van der Waals surface area contributed by atoms with Crippen LogP contribution in [-0.2, 0) is 0 Å². The summed E-state index contributed by atoms with van der Waals surface area (Å²) in [5.41, 5.74) is 2.27. The molecule has 32 heavy (non-hydrogen) atoms. The molecule has 2 aliphatic rings. The summed E-state index contributed by atoms with van der Waals surface area (Å²) < 4.78 is 15.9. The van der Waals surface area contributed by atoms with Crippen LogP contribution in [0.1, 0.15) is 23.2 Å². The number of nitrogens with zero attached hydrogens (tertiary/aromatic N) is 5. The minimum absolute atomic E-state index is 0.0775. The van der Waals surface area contributed by atoms with Gasteiger partial charge in [-0.15, -0.1) is 0 Å². The summed E-state index contributed by atoms with van der Waals surface area (Å²) in [5, 5.41) is 4.26. The van der Waals surface area contributed by atoms with Crippen LogP contribution < -0.4 is 4.90 Å². The first-order valence-corrected chi connectivity index (χ1v) is 11.3. The molecule has 0 aliphatic carbocycles. The summed E-state index contributed by atoms with van der Waals surface area (Å²) in [6.07, 6.45) is 5.71. The molecule has 166 valence electrons. The number of aromatic nitrogens is 2. The summed E-state index contributed by atoms with van der Waals surface area (Å²) in [6.45, 7) is 4.90. The van der Waals surface area contributed by atoms with Gasteiger partial charge in [0, 0.05) is 63.3 Å². The van der Waals surface area contributed by atoms with E-state index in [1.807, 2.05) is 53.6 Å². The van der Waals surface area contributed by atoms with Crippen LogP contribution in [0.4, 0.5) is 10.1 Å². The second-order valence-electron chi connectivity index (χ2n) is 8.52. The highest BCUT2D eigenvalue weighted by molar-refractivity contribution is 5.94. The van der Waals surface area contributed by atoms with Crippen molar-refractivity contribution in [1.82, 2.24) is 19.6 Å². The van der Waals surface area contributed by atoms with Crippen molar-refractivity contribution in [1.29, 1.82) is 0 Å². The normalized spacial score (nSPS) is 19.8. The summed E-state index contributed by atoms with van der Waals surface area (Å²) in [6, 6.07) is 16.9. The molecule has 0 spiro atoms. The number of amides is 1.